The number of pyridine rings is 1. The molecule has 0 bridgehead atoms. The van der Waals surface area contributed by atoms with Gasteiger partial charge in [0.15, 0.2) is 0 Å². The molecular weight excluding hydrogens is 398 g/mol. The number of carbonyl (C=O) groups excluding carboxylic acids is 1. The summed E-state index contributed by atoms with van der Waals surface area (Å²) in [5, 5.41) is 3.52. The molecule has 1 aliphatic carbocycles. The van der Waals surface area contributed by atoms with Crippen molar-refractivity contribution in [2.45, 2.75) is 44.9 Å². The van der Waals surface area contributed by atoms with Crippen LogP contribution in [0.4, 0.5) is 11.5 Å². The summed E-state index contributed by atoms with van der Waals surface area (Å²) >= 11 is 0. The molecule has 32 heavy (non-hydrogen) atoms. The third-order valence-corrected chi connectivity index (χ3v) is 6.39. The van der Waals surface area contributed by atoms with Crippen LogP contribution in [0.5, 0.6) is 0 Å². The molecule has 5 rings (SSSR count). The third-order valence-electron chi connectivity index (χ3n) is 6.39. The predicted octanol–water partition coefficient (Wildman–Crippen LogP) is 4.96. The molecule has 0 spiro atoms. The van der Waals surface area contributed by atoms with Crippen LogP contribution in [0.25, 0.3) is 11.3 Å². The molecule has 6 nitrogen and oxygen atoms in total. The second kappa shape index (κ2) is 9.07. The molecule has 1 saturated heterocycles. The van der Waals surface area contributed by atoms with E-state index in [0.717, 1.165) is 67.2 Å². The summed E-state index contributed by atoms with van der Waals surface area (Å²) in [6, 6.07) is 14.2. The van der Waals surface area contributed by atoms with Crippen molar-refractivity contribution in [3.63, 3.8) is 0 Å². The molecule has 1 atom stereocenters. The normalized spacial score (nSPS) is 18.4. The number of hydrogen-bond acceptors (Lipinski definition) is 5. The Hall–Kier alpha value is -3.28. The summed E-state index contributed by atoms with van der Waals surface area (Å²) < 4.78 is 0. The monoisotopic (exact) mass is 427 g/mol. The van der Waals surface area contributed by atoms with E-state index in [1.807, 2.05) is 35.4 Å². The van der Waals surface area contributed by atoms with Crippen LogP contribution in [-0.4, -0.2) is 38.8 Å². The molecule has 1 amide bonds. The molecule has 2 aliphatic rings. The van der Waals surface area contributed by atoms with E-state index < -0.39 is 0 Å². The van der Waals surface area contributed by atoms with Crippen LogP contribution in [0.1, 0.15) is 49.9 Å². The first kappa shape index (κ1) is 20.6. The number of benzene rings is 1. The minimum atomic E-state index is 0.144. The Labute approximate surface area is 189 Å². The van der Waals surface area contributed by atoms with E-state index >= 15 is 0 Å². The Morgan fingerprint density at radius 3 is 2.78 bits per heavy atom. The van der Waals surface area contributed by atoms with Gasteiger partial charge in [-0.3, -0.25) is 9.78 Å². The first-order valence-electron chi connectivity index (χ1n) is 11.6. The first-order valence-corrected chi connectivity index (χ1v) is 11.6. The average molecular weight is 428 g/mol. The zero-order valence-electron chi connectivity index (χ0n) is 18.5. The number of nitrogens with zero attached hydrogens (tertiary/aromatic N) is 4. The van der Waals surface area contributed by atoms with Gasteiger partial charge in [-0.1, -0.05) is 25.1 Å². The van der Waals surface area contributed by atoms with E-state index in [1.54, 1.807) is 6.20 Å². The van der Waals surface area contributed by atoms with Crippen molar-refractivity contribution < 1.29 is 4.79 Å². The number of aryl methyl sites for hydroxylation is 1. The van der Waals surface area contributed by atoms with Gasteiger partial charge < -0.3 is 10.2 Å². The fraction of sp³-hybridized carbons (Fsp3) is 0.385. The molecule has 3 aromatic rings. The standard InChI is InChI=1S/C26H29N5O/c1-2-18-7-3-4-10-22(18)28-24-15-23(20-8-5-13-27-16-20)29-25(30-24)21-9-6-14-31(17-21)26(32)19-11-12-19/h3-5,7-8,10,13,15-16,19,21H,2,6,9,11-12,14,17H2,1H3,(H,28,29,30). The highest BCUT2D eigenvalue weighted by atomic mass is 16.2. The molecule has 164 valence electrons. The highest BCUT2D eigenvalue weighted by Gasteiger charge is 2.36. The molecule has 1 unspecified atom stereocenters. The number of piperidine rings is 1. The van der Waals surface area contributed by atoms with Crippen molar-refractivity contribution in [3.8, 4) is 11.3 Å². The second-order valence-electron chi connectivity index (χ2n) is 8.77. The lowest BCUT2D eigenvalue weighted by Crippen LogP contribution is -2.40. The Morgan fingerprint density at radius 2 is 2.00 bits per heavy atom. The Balaban J connectivity index is 1.48. The van der Waals surface area contributed by atoms with E-state index in [-0.39, 0.29) is 11.8 Å². The summed E-state index contributed by atoms with van der Waals surface area (Å²) in [7, 11) is 0. The predicted molar refractivity (Wildman–Crippen MR) is 126 cm³/mol. The largest absolute Gasteiger partial charge is 0.342 e. The van der Waals surface area contributed by atoms with Gasteiger partial charge in [0.25, 0.3) is 0 Å². The number of hydrogen-bond donors (Lipinski definition) is 1. The number of anilines is 2. The van der Waals surface area contributed by atoms with Gasteiger partial charge in [-0.25, -0.2) is 9.97 Å². The summed E-state index contributed by atoms with van der Waals surface area (Å²) in [5.41, 5.74) is 4.12. The van der Waals surface area contributed by atoms with Gasteiger partial charge >= 0.3 is 0 Å². The quantitative estimate of drug-likeness (QED) is 0.602. The first-order chi connectivity index (χ1) is 15.7. The van der Waals surface area contributed by atoms with E-state index in [1.165, 1.54) is 5.56 Å². The summed E-state index contributed by atoms with van der Waals surface area (Å²) in [5.74, 6) is 2.29. The maximum absolute atomic E-state index is 12.7. The zero-order valence-corrected chi connectivity index (χ0v) is 18.5. The van der Waals surface area contributed by atoms with E-state index in [2.05, 4.69) is 35.4 Å². The Morgan fingerprint density at radius 1 is 1.12 bits per heavy atom. The maximum Gasteiger partial charge on any atom is 0.225 e. The van der Waals surface area contributed by atoms with Gasteiger partial charge in [0, 0.05) is 54.6 Å². The number of rotatable bonds is 6. The van der Waals surface area contributed by atoms with Crippen LogP contribution in [0.2, 0.25) is 0 Å². The minimum Gasteiger partial charge on any atom is -0.342 e. The smallest absolute Gasteiger partial charge is 0.225 e. The van der Waals surface area contributed by atoms with Gasteiger partial charge in [-0.05, 0) is 55.9 Å². The summed E-state index contributed by atoms with van der Waals surface area (Å²) in [4.78, 5) is 28.8. The van der Waals surface area contributed by atoms with Crippen molar-refractivity contribution in [2.75, 3.05) is 18.4 Å². The van der Waals surface area contributed by atoms with Gasteiger partial charge in [-0.2, -0.15) is 0 Å². The molecule has 1 N–H and O–H groups in total. The molecule has 6 heteroatoms. The van der Waals surface area contributed by atoms with Crippen LogP contribution in [-0.2, 0) is 11.2 Å². The summed E-state index contributed by atoms with van der Waals surface area (Å²) in [6.45, 7) is 3.71. The van der Waals surface area contributed by atoms with E-state index in [9.17, 15) is 4.79 Å². The van der Waals surface area contributed by atoms with Crippen LogP contribution in [0.3, 0.4) is 0 Å². The van der Waals surface area contributed by atoms with Crippen molar-refractivity contribution in [1.82, 2.24) is 19.9 Å². The van der Waals surface area contributed by atoms with Crippen LogP contribution < -0.4 is 5.32 Å². The van der Waals surface area contributed by atoms with E-state index in [0.29, 0.717) is 12.5 Å². The number of para-hydroxylation sites is 1. The fourth-order valence-corrected chi connectivity index (χ4v) is 4.44. The number of carbonyl (C=O) groups is 1. The second-order valence-corrected chi connectivity index (χ2v) is 8.77. The molecule has 1 saturated carbocycles. The van der Waals surface area contributed by atoms with Gasteiger partial charge in [-0.15, -0.1) is 0 Å². The minimum absolute atomic E-state index is 0.144. The fourth-order valence-electron chi connectivity index (χ4n) is 4.44. The molecule has 2 fully saturated rings. The molecule has 1 aliphatic heterocycles. The van der Waals surface area contributed by atoms with Crippen molar-refractivity contribution in [3.05, 3.63) is 66.2 Å². The highest BCUT2D eigenvalue weighted by Crippen LogP contribution is 2.35. The number of likely N-dealkylation sites (tertiary alicyclic amines) is 1. The third kappa shape index (κ3) is 4.49. The van der Waals surface area contributed by atoms with Gasteiger partial charge in [0.05, 0.1) is 5.69 Å². The van der Waals surface area contributed by atoms with Crippen molar-refractivity contribution in [1.29, 1.82) is 0 Å². The number of aromatic nitrogens is 3. The molecule has 0 radical (unpaired) electrons. The Kier molecular flexibility index (Phi) is 5.84. The number of nitrogens with one attached hydrogen (secondary N) is 1. The zero-order chi connectivity index (χ0) is 21.9. The van der Waals surface area contributed by atoms with Gasteiger partial charge in [0.2, 0.25) is 5.91 Å². The highest BCUT2D eigenvalue weighted by molar-refractivity contribution is 5.81. The molecule has 3 heterocycles. The lowest BCUT2D eigenvalue weighted by molar-refractivity contribution is -0.133. The van der Waals surface area contributed by atoms with Crippen LogP contribution in [0.15, 0.2) is 54.9 Å². The van der Waals surface area contributed by atoms with Crippen LogP contribution >= 0.6 is 0 Å². The summed E-state index contributed by atoms with van der Waals surface area (Å²) in [6.07, 6.45) is 8.61. The lowest BCUT2D eigenvalue weighted by atomic mass is 9.96. The van der Waals surface area contributed by atoms with E-state index in [4.69, 9.17) is 9.97 Å². The SMILES string of the molecule is CCc1ccccc1Nc1cc(-c2cccnc2)nc(C2CCCN(C(=O)C3CC3)C2)n1. The maximum atomic E-state index is 12.7. The Bertz CT molecular complexity index is 1100. The van der Waals surface area contributed by atoms with Crippen molar-refractivity contribution in [2.24, 2.45) is 5.92 Å². The molecular formula is C26H29N5O. The van der Waals surface area contributed by atoms with Crippen LogP contribution in [0, 0.1) is 5.92 Å². The average Bonchev–Trinajstić information content (AvgIpc) is 3.70. The topological polar surface area (TPSA) is 71.0 Å². The lowest BCUT2D eigenvalue weighted by Gasteiger charge is -2.32. The number of amides is 1. The molecule has 1 aromatic carbocycles. The van der Waals surface area contributed by atoms with Crippen molar-refractivity contribution >= 4 is 17.4 Å². The molecule has 2 aromatic heterocycles. The van der Waals surface area contributed by atoms with Gasteiger partial charge in [0.1, 0.15) is 11.6 Å².